The number of hydrogen-bond acceptors (Lipinski definition) is 2. The van der Waals surface area contributed by atoms with Crippen molar-refractivity contribution in [3.8, 4) is 0 Å². The van der Waals surface area contributed by atoms with Gasteiger partial charge in [-0.1, -0.05) is 12.2 Å². The zero-order valence-corrected chi connectivity index (χ0v) is 11.2. The van der Waals surface area contributed by atoms with Crippen molar-refractivity contribution in [2.24, 2.45) is 5.92 Å². The highest BCUT2D eigenvalue weighted by Gasteiger charge is 2.26. The number of amides is 1. The molecule has 1 saturated heterocycles. The molecule has 0 unspecified atom stereocenters. The Balaban J connectivity index is 1.58. The lowest BCUT2D eigenvalue weighted by Crippen LogP contribution is -2.39. The predicted octanol–water partition coefficient (Wildman–Crippen LogP) is 2.47. The average Bonchev–Trinajstić information content (AvgIpc) is 3.12. The van der Waals surface area contributed by atoms with Crippen molar-refractivity contribution in [1.82, 2.24) is 15.1 Å². The first kappa shape index (κ1) is 12.5. The Bertz CT molecular complexity index is 452. The first-order valence-electron chi connectivity index (χ1n) is 7.26. The van der Waals surface area contributed by atoms with E-state index in [4.69, 9.17) is 0 Å². The van der Waals surface area contributed by atoms with Crippen molar-refractivity contribution in [3.63, 3.8) is 0 Å². The topological polar surface area (TPSA) is 49.0 Å². The van der Waals surface area contributed by atoms with E-state index in [9.17, 15) is 4.79 Å². The average molecular weight is 259 g/mol. The van der Waals surface area contributed by atoms with Gasteiger partial charge in [0.1, 0.15) is 0 Å². The third-order valence-electron chi connectivity index (χ3n) is 4.29. The molecule has 1 aromatic heterocycles. The third kappa shape index (κ3) is 2.88. The quantitative estimate of drug-likeness (QED) is 0.848. The Morgan fingerprint density at radius 3 is 3.16 bits per heavy atom. The van der Waals surface area contributed by atoms with Crippen LogP contribution < -0.4 is 0 Å². The highest BCUT2D eigenvalue weighted by molar-refractivity contribution is 5.77. The van der Waals surface area contributed by atoms with Crippen LogP contribution in [0.3, 0.4) is 0 Å². The summed E-state index contributed by atoms with van der Waals surface area (Å²) in [4.78, 5) is 14.4. The van der Waals surface area contributed by atoms with Gasteiger partial charge in [0.05, 0.1) is 0 Å². The lowest BCUT2D eigenvalue weighted by Gasteiger charge is -2.32. The standard InChI is InChI=1S/C15H21N3O/c19-15(10-12-4-1-2-5-12)18-9-3-6-13(11-18)14-7-8-16-17-14/h1,4,7-8,12-13H,2-3,5-6,9-11H2,(H,16,17)/t12-,13-/m0/s1. The van der Waals surface area contributed by atoms with Gasteiger partial charge in [0, 0.05) is 37.3 Å². The monoisotopic (exact) mass is 259 g/mol. The second-order valence-electron chi connectivity index (χ2n) is 5.66. The van der Waals surface area contributed by atoms with E-state index in [1.165, 1.54) is 5.69 Å². The summed E-state index contributed by atoms with van der Waals surface area (Å²) in [6.45, 7) is 1.76. The normalized spacial score (nSPS) is 26.8. The minimum atomic E-state index is 0.320. The van der Waals surface area contributed by atoms with Crippen LogP contribution in [0.2, 0.25) is 0 Å². The van der Waals surface area contributed by atoms with Crippen molar-refractivity contribution >= 4 is 5.91 Å². The number of aromatic nitrogens is 2. The molecule has 2 aliphatic rings. The van der Waals surface area contributed by atoms with Crippen molar-refractivity contribution in [2.75, 3.05) is 13.1 Å². The van der Waals surface area contributed by atoms with E-state index >= 15 is 0 Å². The Hall–Kier alpha value is -1.58. The van der Waals surface area contributed by atoms with Crippen LogP contribution in [0.5, 0.6) is 0 Å². The van der Waals surface area contributed by atoms with Crippen LogP contribution in [-0.4, -0.2) is 34.1 Å². The van der Waals surface area contributed by atoms with Crippen LogP contribution in [0.1, 0.15) is 43.7 Å². The molecule has 1 fully saturated rings. The number of H-pyrrole nitrogens is 1. The van der Waals surface area contributed by atoms with E-state index in [1.54, 1.807) is 6.20 Å². The number of nitrogens with zero attached hydrogens (tertiary/aromatic N) is 2. The maximum Gasteiger partial charge on any atom is 0.223 e. The van der Waals surface area contributed by atoms with Crippen LogP contribution in [0.4, 0.5) is 0 Å². The van der Waals surface area contributed by atoms with Gasteiger partial charge in [-0.05, 0) is 37.7 Å². The smallest absolute Gasteiger partial charge is 0.223 e. The van der Waals surface area contributed by atoms with E-state index in [-0.39, 0.29) is 0 Å². The maximum atomic E-state index is 12.3. The summed E-state index contributed by atoms with van der Waals surface area (Å²) in [5.74, 6) is 1.22. The number of aromatic amines is 1. The van der Waals surface area contributed by atoms with E-state index in [0.29, 0.717) is 24.2 Å². The van der Waals surface area contributed by atoms with Crippen molar-refractivity contribution in [1.29, 1.82) is 0 Å². The summed E-state index contributed by atoms with van der Waals surface area (Å²) >= 11 is 0. The summed E-state index contributed by atoms with van der Waals surface area (Å²) in [5, 5.41) is 7.05. The summed E-state index contributed by atoms with van der Waals surface area (Å²) in [7, 11) is 0. The summed E-state index contributed by atoms with van der Waals surface area (Å²) < 4.78 is 0. The number of carbonyl (C=O) groups is 1. The number of hydrogen-bond donors (Lipinski definition) is 1. The van der Waals surface area contributed by atoms with Crippen LogP contribution in [0.25, 0.3) is 0 Å². The molecule has 2 atom stereocenters. The SMILES string of the molecule is O=C(C[C@H]1C=CCC1)N1CCC[C@H](c2ccn[nH]2)C1. The van der Waals surface area contributed by atoms with Gasteiger partial charge in [-0.15, -0.1) is 0 Å². The molecule has 1 N–H and O–H groups in total. The number of allylic oxidation sites excluding steroid dienone is 2. The molecule has 0 spiro atoms. The molecule has 4 nitrogen and oxygen atoms in total. The molecule has 1 aliphatic heterocycles. The van der Waals surface area contributed by atoms with E-state index in [1.807, 2.05) is 11.0 Å². The van der Waals surface area contributed by atoms with Crippen LogP contribution in [0.15, 0.2) is 24.4 Å². The molecule has 0 radical (unpaired) electrons. The van der Waals surface area contributed by atoms with Gasteiger partial charge >= 0.3 is 0 Å². The van der Waals surface area contributed by atoms with Crippen LogP contribution >= 0.6 is 0 Å². The second-order valence-corrected chi connectivity index (χ2v) is 5.66. The molecule has 19 heavy (non-hydrogen) atoms. The molecule has 1 amide bonds. The number of carbonyl (C=O) groups excluding carboxylic acids is 1. The molecule has 2 heterocycles. The molecular weight excluding hydrogens is 238 g/mol. The number of likely N-dealkylation sites (tertiary alicyclic amines) is 1. The third-order valence-corrected chi connectivity index (χ3v) is 4.29. The summed E-state index contributed by atoms with van der Waals surface area (Å²) in [6.07, 6.45) is 11.4. The van der Waals surface area contributed by atoms with E-state index < -0.39 is 0 Å². The number of rotatable bonds is 3. The van der Waals surface area contributed by atoms with Gasteiger partial charge in [-0.3, -0.25) is 9.89 Å². The predicted molar refractivity (Wildman–Crippen MR) is 73.6 cm³/mol. The fourth-order valence-electron chi connectivity index (χ4n) is 3.17. The zero-order chi connectivity index (χ0) is 13.1. The Morgan fingerprint density at radius 2 is 2.42 bits per heavy atom. The molecule has 1 aromatic rings. The minimum absolute atomic E-state index is 0.320. The van der Waals surface area contributed by atoms with E-state index in [2.05, 4.69) is 22.3 Å². The fourth-order valence-corrected chi connectivity index (χ4v) is 3.17. The maximum absolute atomic E-state index is 12.3. The molecule has 102 valence electrons. The van der Waals surface area contributed by atoms with Gasteiger partial charge in [0.15, 0.2) is 0 Å². The van der Waals surface area contributed by atoms with Gasteiger partial charge in [0.25, 0.3) is 0 Å². The first-order chi connectivity index (χ1) is 9.33. The first-order valence-corrected chi connectivity index (χ1v) is 7.26. The van der Waals surface area contributed by atoms with Crippen LogP contribution in [0, 0.1) is 5.92 Å². The molecular formula is C15H21N3O. The van der Waals surface area contributed by atoms with Crippen molar-refractivity contribution in [2.45, 2.75) is 38.0 Å². The highest BCUT2D eigenvalue weighted by Crippen LogP contribution is 2.27. The largest absolute Gasteiger partial charge is 0.342 e. The molecule has 4 heteroatoms. The Labute approximate surface area is 113 Å². The summed E-state index contributed by atoms with van der Waals surface area (Å²) in [6, 6.07) is 2.03. The summed E-state index contributed by atoms with van der Waals surface area (Å²) in [5.41, 5.74) is 1.17. The van der Waals surface area contributed by atoms with E-state index in [0.717, 1.165) is 38.8 Å². The number of nitrogens with one attached hydrogen (secondary N) is 1. The minimum Gasteiger partial charge on any atom is -0.342 e. The van der Waals surface area contributed by atoms with Gasteiger partial charge in [-0.25, -0.2) is 0 Å². The lowest BCUT2D eigenvalue weighted by molar-refractivity contribution is -0.133. The van der Waals surface area contributed by atoms with Crippen LogP contribution in [-0.2, 0) is 4.79 Å². The zero-order valence-electron chi connectivity index (χ0n) is 11.2. The highest BCUT2D eigenvalue weighted by atomic mass is 16.2. The molecule has 1 aliphatic carbocycles. The van der Waals surface area contributed by atoms with Gasteiger partial charge < -0.3 is 4.90 Å². The van der Waals surface area contributed by atoms with Crippen molar-refractivity contribution < 1.29 is 4.79 Å². The fraction of sp³-hybridized carbons (Fsp3) is 0.600. The molecule has 3 rings (SSSR count). The molecule has 0 aromatic carbocycles. The lowest BCUT2D eigenvalue weighted by atomic mass is 9.94. The van der Waals surface area contributed by atoms with Gasteiger partial charge in [0.2, 0.25) is 5.91 Å². The van der Waals surface area contributed by atoms with Crippen molar-refractivity contribution in [3.05, 3.63) is 30.1 Å². The van der Waals surface area contributed by atoms with Gasteiger partial charge in [-0.2, -0.15) is 5.10 Å². The molecule has 0 bridgehead atoms. The number of piperidine rings is 1. The Morgan fingerprint density at radius 1 is 1.47 bits per heavy atom. The Kier molecular flexibility index (Phi) is 3.67. The molecule has 0 saturated carbocycles. The second kappa shape index (κ2) is 5.59.